The number of benzene rings is 2. The van der Waals surface area contributed by atoms with Gasteiger partial charge in [-0.2, -0.15) is 5.26 Å². The van der Waals surface area contributed by atoms with Gasteiger partial charge in [-0.25, -0.2) is 4.79 Å². The number of hydrogen-bond acceptors (Lipinski definition) is 6. The van der Waals surface area contributed by atoms with E-state index < -0.39 is 11.6 Å². The molecular formula is C25H28N2O5. The summed E-state index contributed by atoms with van der Waals surface area (Å²) in [7, 11) is 0. The van der Waals surface area contributed by atoms with E-state index in [2.05, 4.69) is 15.8 Å². The zero-order valence-corrected chi connectivity index (χ0v) is 19.1. The lowest BCUT2D eigenvalue weighted by Gasteiger charge is -2.20. The van der Waals surface area contributed by atoms with E-state index in [0.717, 1.165) is 16.5 Å². The van der Waals surface area contributed by atoms with Crippen LogP contribution in [0.2, 0.25) is 0 Å². The first-order valence-electron chi connectivity index (χ1n) is 10.0. The largest absolute Gasteiger partial charge is 0.507 e. The van der Waals surface area contributed by atoms with Gasteiger partial charge in [-0.15, -0.1) is 0 Å². The molecule has 0 saturated carbocycles. The number of H-pyrrole nitrogens is 1. The van der Waals surface area contributed by atoms with Gasteiger partial charge in [0.15, 0.2) is 0 Å². The topological polar surface area (TPSA) is 112 Å². The average Bonchev–Trinajstić information content (AvgIpc) is 3.13. The average molecular weight is 437 g/mol. The third kappa shape index (κ3) is 6.61. The number of carbonyl (C=O) groups excluding carboxylic acids is 2. The summed E-state index contributed by atoms with van der Waals surface area (Å²) < 4.78 is 9.84. The van der Waals surface area contributed by atoms with Gasteiger partial charge in [0.2, 0.25) is 0 Å². The van der Waals surface area contributed by atoms with Crippen molar-refractivity contribution in [3.8, 4) is 22.9 Å². The van der Waals surface area contributed by atoms with Crippen LogP contribution in [0.3, 0.4) is 0 Å². The van der Waals surface area contributed by atoms with Gasteiger partial charge in [-0.05, 0) is 77.4 Å². The second kappa shape index (κ2) is 9.56. The normalized spacial score (nSPS) is 11.2. The molecule has 168 valence electrons. The molecule has 3 aromatic rings. The van der Waals surface area contributed by atoms with Crippen molar-refractivity contribution in [1.82, 2.24) is 4.98 Å². The fourth-order valence-corrected chi connectivity index (χ4v) is 2.81. The van der Waals surface area contributed by atoms with Crippen molar-refractivity contribution < 1.29 is 24.2 Å². The molecular weight excluding hydrogens is 408 g/mol. The highest BCUT2D eigenvalue weighted by molar-refractivity contribution is 5.98. The highest BCUT2D eigenvalue weighted by Gasteiger charge is 2.21. The highest BCUT2D eigenvalue weighted by atomic mass is 16.6. The summed E-state index contributed by atoms with van der Waals surface area (Å²) in [5.74, 6) is -0.735. The molecule has 2 N–H and O–H groups in total. The van der Waals surface area contributed by atoms with Gasteiger partial charge in [0, 0.05) is 17.1 Å². The van der Waals surface area contributed by atoms with Gasteiger partial charge in [0.1, 0.15) is 22.5 Å². The summed E-state index contributed by atoms with van der Waals surface area (Å²) in [5, 5.41) is 20.4. The van der Waals surface area contributed by atoms with Crippen LogP contribution in [-0.4, -0.2) is 33.7 Å². The van der Waals surface area contributed by atoms with E-state index in [9.17, 15) is 20.0 Å². The SMILES string of the molecule is CC(C)(C)OC(=O)c1ccc(-c2cc(C#N)cc3cc[nH]c23)cc1O.CC(C)(C)OC=O. The van der Waals surface area contributed by atoms with Crippen LogP contribution in [0.4, 0.5) is 0 Å². The number of rotatable bonds is 3. The van der Waals surface area contributed by atoms with Gasteiger partial charge in [0.05, 0.1) is 17.1 Å². The van der Waals surface area contributed by atoms with Gasteiger partial charge in [-0.3, -0.25) is 4.79 Å². The predicted octanol–water partition coefficient (Wildman–Crippen LogP) is 5.33. The Morgan fingerprint density at radius 3 is 2.25 bits per heavy atom. The monoisotopic (exact) mass is 436 g/mol. The van der Waals surface area contributed by atoms with Crippen molar-refractivity contribution >= 4 is 23.3 Å². The van der Waals surface area contributed by atoms with E-state index in [1.54, 1.807) is 45.2 Å². The zero-order chi connectivity index (χ0) is 24.1. The van der Waals surface area contributed by atoms with Crippen molar-refractivity contribution in [2.45, 2.75) is 52.7 Å². The Morgan fingerprint density at radius 1 is 1.06 bits per heavy atom. The molecule has 0 fully saturated rings. The highest BCUT2D eigenvalue weighted by Crippen LogP contribution is 2.33. The number of nitrogens with zero attached hydrogens (tertiary/aromatic N) is 1. The maximum atomic E-state index is 12.2. The number of nitrogens with one attached hydrogen (secondary N) is 1. The lowest BCUT2D eigenvalue weighted by atomic mass is 9.98. The van der Waals surface area contributed by atoms with Crippen molar-refractivity contribution in [3.63, 3.8) is 0 Å². The Balaban J connectivity index is 0.000000451. The summed E-state index contributed by atoms with van der Waals surface area (Å²) in [5.41, 5.74) is 2.03. The second-order valence-corrected chi connectivity index (χ2v) is 9.14. The van der Waals surface area contributed by atoms with E-state index in [1.807, 2.05) is 26.8 Å². The Morgan fingerprint density at radius 2 is 1.75 bits per heavy atom. The molecule has 3 rings (SSSR count). The molecule has 32 heavy (non-hydrogen) atoms. The third-order valence-electron chi connectivity index (χ3n) is 4.12. The van der Waals surface area contributed by atoms with Gasteiger partial charge >= 0.3 is 5.97 Å². The zero-order valence-electron chi connectivity index (χ0n) is 19.1. The third-order valence-corrected chi connectivity index (χ3v) is 4.12. The van der Waals surface area contributed by atoms with E-state index in [4.69, 9.17) is 4.74 Å². The molecule has 1 heterocycles. The second-order valence-electron chi connectivity index (χ2n) is 9.14. The molecule has 0 unspecified atom stereocenters. The summed E-state index contributed by atoms with van der Waals surface area (Å²) in [6.07, 6.45) is 1.80. The van der Waals surface area contributed by atoms with E-state index >= 15 is 0 Å². The maximum absolute atomic E-state index is 12.2. The molecule has 1 aromatic heterocycles. The van der Waals surface area contributed by atoms with Gasteiger partial charge in [-0.1, -0.05) is 6.07 Å². The lowest BCUT2D eigenvalue weighted by molar-refractivity contribution is -0.138. The molecule has 7 nitrogen and oxygen atoms in total. The molecule has 2 aromatic carbocycles. The van der Waals surface area contributed by atoms with E-state index in [1.165, 1.54) is 12.1 Å². The molecule has 0 bridgehead atoms. The minimum absolute atomic E-state index is 0.109. The van der Waals surface area contributed by atoms with Crippen LogP contribution in [0, 0.1) is 11.3 Å². The number of carbonyl (C=O) groups is 2. The molecule has 0 aliphatic carbocycles. The first kappa shape index (κ1) is 24.5. The van der Waals surface area contributed by atoms with E-state index in [0.29, 0.717) is 17.6 Å². The van der Waals surface area contributed by atoms with Crippen molar-refractivity contribution in [2.24, 2.45) is 0 Å². The first-order valence-corrected chi connectivity index (χ1v) is 10.0. The molecule has 0 atom stereocenters. The standard InChI is InChI=1S/C20H18N2O3.C5H10O2/c1-20(2,3)25-19(24)15-5-4-13(10-17(15)23)16-9-12(11-21)8-14-6-7-22-18(14)16;1-5(2,3)7-4-6/h4-10,22-23H,1-3H3;4H,1-3H3. The first-order chi connectivity index (χ1) is 14.8. The van der Waals surface area contributed by atoms with Crippen molar-refractivity contribution in [3.05, 3.63) is 53.7 Å². The quantitative estimate of drug-likeness (QED) is 0.424. The predicted molar refractivity (Wildman–Crippen MR) is 122 cm³/mol. The molecule has 0 radical (unpaired) electrons. The number of phenols is 1. The van der Waals surface area contributed by atoms with E-state index in [-0.39, 0.29) is 16.9 Å². The number of aromatic amines is 1. The molecule has 0 aliphatic rings. The summed E-state index contributed by atoms with van der Waals surface area (Å²) in [6.45, 7) is 11.2. The van der Waals surface area contributed by atoms with Crippen LogP contribution in [0.1, 0.15) is 57.5 Å². The number of fused-ring (bicyclic) bond motifs is 1. The number of nitriles is 1. The molecule has 7 heteroatoms. The molecule has 0 aliphatic heterocycles. The Bertz CT molecular complexity index is 1160. The summed E-state index contributed by atoms with van der Waals surface area (Å²) in [4.78, 5) is 24.9. The molecule has 0 spiro atoms. The number of phenolic OH excluding ortho intramolecular Hbond substituents is 1. The number of hydrogen-bond donors (Lipinski definition) is 2. The maximum Gasteiger partial charge on any atom is 0.342 e. The molecule has 0 saturated heterocycles. The van der Waals surface area contributed by atoms with Gasteiger partial charge < -0.3 is 19.6 Å². The van der Waals surface area contributed by atoms with Crippen LogP contribution in [0.5, 0.6) is 5.75 Å². The minimum Gasteiger partial charge on any atom is -0.507 e. The fraction of sp³-hybridized carbons (Fsp3) is 0.320. The smallest absolute Gasteiger partial charge is 0.342 e. The van der Waals surface area contributed by atoms with Crippen molar-refractivity contribution in [1.29, 1.82) is 5.26 Å². The number of aromatic nitrogens is 1. The Kier molecular flexibility index (Phi) is 7.32. The fourth-order valence-electron chi connectivity index (χ4n) is 2.81. The number of esters is 1. The van der Waals surface area contributed by atoms with Crippen LogP contribution in [-0.2, 0) is 14.3 Å². The summed E-state index contributed by atoms with van der Waals surface area (Å²) >= 11 is 0. The lowest BCUT2D eigenvalue weighted by Crippen LogP contribution is -2.23. The Hall–Kier alpha value is -3.79. The summed E-state index contributed by atoms with van der Waals surface area (Å²) in [6, 6.07) is 12.3. The van der Waals surface area contributed by atoms with Crippen molar-refractivity contribution in [2.75, 3.05) is 0 Å². The number of aromatic hydroxyl groups is 1. The Labute approximate surface area is 187 Å². The molecule has 0 amide bonds. The minimum atomic E-state index is -0.639. The van der Waals surface area contributed by atoms with Gasteiger partial charge in [0.25, 0.3) is 6.47 Å². The van der Waals surface area contributed by atoms with Crippen LogP contribution in [0.15, 0.2) is 42.6 Å². The van der Waals surface area contributed by atoms with Crippen LogP contribution < -0.4 is 0 Å². The number of ether oxygens (including phenoxy) is 2. The van der Waals surface area contributed by atoms with Crippen LogP contribution in [0.25, 0.3) is 22.0 Å². The van der Waals surface area contributed by atoms with Crippen LogP contribution >= 0.6 is 0 Å².